The number of sulfone groups is 1. The molecule has 0 unspecified atom stereocenters. The van der Waals surface area contributed by atoms with E-state index in [-0.39, 0.29) is 27.5 Å². The van der Waals surface area contributed by atoms with Crippen molar-refractivity contribution in [1.82, 2.24) is 0 Å². The van der Waals surface area contributed by atoms with Gasteiger partial charge >= 0.3 is 12.4 Å². The third kappa shape index (κ3) is 10.7. The molecular formula is C34H30Cl2F6N6O4S2. The van der Waals surface area contributed by atoms with E-state index >= 15 is 0 Å². The molecular weight excluding hydrogens is 805 g/mol. The lowest BCUT2D eigenvalue weighted by atomic mass is 10.0. The number of halogens is 8. The largest absolute Gasteiger partial charge is 0.417 e. The smallest absolute Gasteiger partial charge is 0.370 e. The Kier molecular flexibility index (Phi) is 14.2. The first-order valence-electron chi connectivity index (χ1n) is 15.2. The topological polar surface area (TPSA) is 197 Å². The van der Waals surface area contributed by atoms with Crippen LogP contribution in [0.15, 0.2) is 102 Å². The van der Waals surface area contributed by atoms with Gasteiger partial charge in [0.15, 0.2) is 11.9 Å². The second kappa shape index (κ2) is 17.6. The zero-order valence-electron chi connectivity index (χ0n) is 28.0. The first-order chi connectivity index (χ1) is 25.0. The van der Waals surface area contributed by atoms with Gasteiger partial charge in [-0.2, -0.15) is 36.3 Å². The third-order valence-corrected chi connectivity index (χ3v) is 11.0. The molecule has 4 aromatic carbocycles. The van der Waals surface area contributed by atoms with E-state index in [1.165, 1.54) is 24.3 Å². The van der Waals surface area contributed by atoms with E-state index in [1.54, 1.807) is 38.1 Å². The first kappa shape index (κ1) is 43.6. The predicted molar refractivity (Wildman–Crippen MR) is 194 cm³/mol. The monoisotopic (exact) mass is 834 g/mol. The van der Waals surface area contributed by atoms with E-state index in [9.17, 15) is 44.3 Å². The van der Waals surface area contributed by atoms with Gasteiger partial charge in [-0.25, -0.2) is 8.42 Å². The standard InChI is InChI=1S/C17H15ClF3N3O3S.C17H15ClF3N3OS/c1-2-9-7-14(28(26,27)13-6-4-3-5-12(13)18)11(17(19,20)21)8-10(9)15(25)24-16(22)23;1-2-9-7-14(26-13-6-4-3-5-12(13)18)11(17(19,20)21)8-10(9)15(25)24-16(22)23/h3-8H,2H2,1H3,(H4,22,23,24,25);3-8H,2H2,1H3,(H4,22,23,24,25). The number of rotatable bonds is 8. The molecule has 10 nitrogen and oxygen atoms in total. The van der Waals surface area contributed by atoms with Crippen molar-refractivity contribution in [3.05, 3.63) is 116 Å². The molecule has 20 heteroatoms. The van der Waals surface area contributed by atoms with Gasteiger partial charge in [-0.05, 0) is 72.5 Å². The van der Waals surface area contributed by atoms with Crippen molar-refractivity contribution in [2.75, 3.05) is 0 Å². The van der Waals surface area contributed by atoms with Crippen LogP contribution in [-0.2, 0) is 35.0 Å². The molecule has 0 saturated carbocycles. The Labute approximate surface area is 319 Å². The highest BCUT2D eigenvalue weighted by atomic mass is 35.5. The number of carbonyl (C=O) groups is 2. The number of nitrogens with zero attached hydrogens (tertiary/aromatic N) is 2. The number of hydrogen-bond acceptors (Lipinski definition) is 5. The minimum Gasteiger partial charge on any atom is -0.370 e. The Morgan fingerprint density at radius 3 is 1.54 bits per heavy atom. The second-order valence-corrected chi connectivity index (χ2v) is 14.6. The van der Waals surface area contributed by atoms with Crippen LogP contribution in [0.2, 0.25) is 10.0 Å². The molecule has 2 amide bonds. The maximum atomic E-state index is 13.6. The molecule has 54 heavy (non-hydrogen) atoms. The van der Waals surface area contributed by atoms with Gasteiger partial charge in [0.2, 0.25) is 9.84 Å². The van der Waals surface area contributed by atoms with Gasteiger partial charge in [0, 0.05) is 20.9 Å². The van der Waals surface area contributed by atoms with Crippen LogP contribution in [0.5, 0.6) is 0 Å². The Hall–Kier alpha value is -4.78. The Morgan fingerprint density at radius 1 is 0.648 bits per heavy atom. The number of amides is 2. The van der Waals surface area contributed by atoms with E-state index in [1.807, 2.05) is 0 Å². The Bertz CT molecular complexity index is 2240. The molecule has 0 heterocycles. The number of carbonyl (C=O) groups excluding carboxylic acids is 2. The fourth-order valence-electron chi connectivity index (χ4n) is 4.76. The zero-order chi connectivity index (χ0) is 40.8. The van der Waals surface area contributed by atoms with E-state index in [0.29, 0.717) is 28.0 Å². The second-order valence-electron chi connectivity index (χ2n) is 10.9. The molecule has 0 atom stereocenters. The van der Waals surface area contributed by atoms with Gasteiger partial charge < -0.3 is 22.9 Å². The van der Waals surface area contributed by atoms with E-state index < -0.39 is 72.4 Å². The van der Waals surface area contributed by atoms with Crippen LogP contribution in [0.4, 0.5) is 26.3 Å². The van der Waals surface area contributed by atoms with Crippen LogP contribution in [0.25, 0.3) is 0 Å². The van der Waals surface area contributed by atoms with Crippen molar-refractivity contribution in [2.24, 2.45) is 32.9 Å². The zero-order valence-corrected chi connectivity index (χ0v) is 31.2. The highest BCUT2D eigenvalue weighted by Gasteiger charge is 2.40. The van der Waals surface area contributed by atoms with Crippen molar-refractivity contribution in [1.29, 1.82) is 0 Å². The molecule has 288 valence electrons. The first-order valence-corrected chi connectivity index (χ1v) is 18.3. The molecule has 0 aliphatic rings. The summed E-state index contributed by atoms with van der Waals surface area (Å²) >= 11 is 12.8. The molecule has 0 aromatic heterocycles. The lowest BCUT2D eigenvalue weighted by molar-refractivity contribution is -0.140. The highest BCUT2D eigenvalue weighted by Crippen LogP contribution is 2.43. The predicted octanol–water partition coefficient (Wildman–Crippen LogP) is 7.65. The normalized spacial score (nSPS) is 11.6. The van der Waals surface area contributed by atoms with Crippen LogP contribution in [0, 0.1) is 0 Å². The fourth-order valence-corrected chi connectivity index (χ4v) is 8.07. The number of alkyl halides is 6. The summed E-state index contributed by atoms with van der Waals surface area (Å²) in [5, 5.41) is 0.110. The number of guanidine groups is 2. The van der Waals surface area contributed by atoms with E-state index in [2.05, 4.69) is 9.98 Å². The van der Waals surface area contributed by atoms with Gasteiger partial charge in [-0.1, -0.05) is 73.1 Å². The van der Waals surface area contributed by atoms with Crippen molar-refractivity contribution >= 4 is 68.5 Å². The lowest BCUT2D eigenvalue weighted by Gasteiger charge is -2.17. The number of nitrogens with two attached hydrogens (primary N) is 4. The van der Waals surface area contributed by atoms with Gasteiger partial charge in [0.1, 0.15) is 0 Å². The molecule has 0 fully saturated rings. The number of hydrogen-bond donors (Lipinski definition) is 4. The van der Waals surface area contributed by atoms with Crippen LogP contribution in [0.1, 0.15) is 56.8 Å². The number of benzene rings is 4. The van der Waals surface area contributed by atoms with Crippen molar-refractivity contribution < 1.29 is 44.3 Å². The average Bonchev–Trinajstić information content (AvgIpc) is 3.07. The van der Waals surface area contributed by atoms with Crippen molar-refractivity contribution in [2.45, 2.75) is 58.6 Å². The summed E-state index contributed by atoms with van der Waals surface area (Å²) in [6, 6.07) is 15.1. The van der Waals surface area contributed by atoms with Gasteiger partial charge in [0.05, 0.1) is 31.0 Å². The summed E-state index contributed by atoms with van der Waals surface area (Å²) in [5.74, 6) is -3.17. The summed E-state index contributed by atoms with van der Waals surface area (Å²) in [4.78, 5) is 29.7. The summed E-state index contributed by atoms with van der Waals surface area (Å²) in [6.07, 6.45) is -9.34. The lowest BCUT2D eigenvalue weighted by Crippen LogP contribution is -2.25. The molecule has 0 aliphatic carbocycles. The molecule has 0 bridgehead atoms. The minimum absolute atomic E-state index is 0.0358. The summed E-state index contributed by atoms with van der Waals surface area (Å²) in [7, 11) is -4.63. The summed E-state index contributed by atoms with van der Waals surface area (Å²) in [6.45, 7) is 3.26. The minimum atomic E-state index is -5.07. The summed E-state index contributed by atoms with van der Waals surface area (Å²) in [5.41, 5.74) is 17.9. The van der Waals surface area contributed by atoms with Gasteiger partial charge in [-0.15, -0.1) is 0 Å². The number of aryl methyl sites for hydroxylation is 2. The van der Waals surface area contributed by atoms with Crippen LogP contribution >= 0.6 is 35.0 Å². The maximum Gasteiger partial charge on any atom is 0.417 e. The molecule has 4 aromatic rings. The van der Waals surface area contributed by atoms with Gasteiger partial charge in [-0.3, -0.25) is 9.59 Å². The van der Waals surface area contributed by atoms with Crippen molar-refractivity contribution in [3.63, 3.8) is 0 Å². The van der Waals surface area contributed by atoms with Crippen molar-refractivity contribution in [3.8, 4) is 0 Å². The summed E-state index contributed by atoms with van der Waals surface area (Å²) < 4.78 is 107. The fraction of sp³-hybridized carbons (Fsp3) is 0.176. The molecule has 0 radical (unpaired) electrons. The SMILES string of the molecule is CCc1cc(S(=O)(=O)c2ccccc2Cl)c(C(F)(F)F)cc1C(=O)N=C(N)N.CCc1cc(Sc2ccccc2Cl)c(C(F)(F)F)cc1C(=O)N=C(N)N. The molecule has 8 N–H and O–H groups in total. The third-order valence-electron chi connectivity index (χ3n) is 7.18. The van der Waals surface area contributed by atoms with Crippen LogP contribution in [0.3, 0.4) is 0 Å². The Morgan fingerprint density at radius 2 is 1.09 bits per heavy atom. The number of aliphatic imine (C=N–C) groups is 2. The van der Waals surface area contributed by atoms with E-state index in [0.717, 1.165) is 30.0 Å². The molecule has 0 spiro atoms. The molecule has 0 aliphatic heterocycles. The maximum absolute atomic E-state index is 13.6. The highest BCUT2D eigenvalue weighted by molar-refractivity contribution is 7.99. The molecule has 4 rings (SSSR count). The van der Waals surface area contributed by atoms with Crippen LogP contribution in [-0.4, -0.2) is 32.2 Å². The van der Waals surface area contributed by atoms with Crippen LogP contribution < -0.4 is 22.9 Å². The van der Waals surface area contributed by atoms with E-state index in [4.69, 9.17) is 46.1 Å². The quantitative estimate of drug-likeness (QED) is 0.0783. The Balaban J connectivity index is 0.000000291. The average molecular weight is 836 g/mol. The molecule has 0 saturated heterocycles. The van der Waals surface area contributed by atoms with Gasteiger partial charge in [0.25, 0.3) is 11.8 Å².